The Morgan fingerprint density at radius 1 is 0.889 bits per heavy atom. The first-order valence-electron chi connectivity index (χ1n) is 8.80. The van der Waals surface area contributed by atoms with Crippen LogP contribution in [0.1, 0.15) is 22.5 Å². The summed E-state index contributed by atoms with van der Waals surface area (Å²) in [6, 6.07) is 20.5. The molecule has 0 saturated carbocycles. The van der Waals surface area contributed by atoms with E-state index in [2.05, 4.69) is 41.3 Å². The summed E-state index contributed by atoms with van der Waals surface area (Å²) in [5, 5.41) is 4.07. The van der Waals surface area contributed by atoms with E-state index in [-0.39, 0.29) is 0 Å². The fourth-order valence-corrected chi connectivity index (χ4v) is 3.74. The first-order chi connectivity index (χ1) is 13.2. The molecule has 0 radical (unpaired) electrons. The molecule has 2 aromatic heterocycles. The smallest absolute Gasteiger partial charge is 0.293 e. The number of aryl methyl sites for hydroxylation is 2. The van der Waals surface area contributed by atoms with Crippen LogP contribution < -0.4 is 0 Å². The maximum absolute atomic E-state index is 5.89. The van der Waals surface area contributed by atoms with Crippen molar-refractivity contribution in [3.8, 4) is 23.0 Å². The van der Waals surface area contributed by atoms with E-state index in [1.807, 2.05) is 55.1 Å². The highest BCUT2D eigenvalue weighted by Gasteiger charge is 2.14. The number of aromatic nitrogens is 2. The quantitative estimate of drug-likeness (QED) is 0.410. The van der Waals surface area contributed by atoms with Gasteiger partial charge >= 0.3 is 0 Å². The number of furan rings is 1. The Morgan fingerprint density at radius 3 is 2.52 bits per heavy atom. The van der Waals surface area contributed by atoms with Crippen LogP contribution in [0.15, 0.2) is 69.6 Å². The van der Waals surface area contributed by atoms with E-state index in [4.69, 9.17) is 8.94 Å². The molecule has 0 saturated heterocycles. The van der Waals surface area contributed by atoms with Gasteiger partial charge in [0.05, 0.1) is 5.75 Å². The molecule has 0 N–H and O–H groups in total. The maximum atomic E-state index is 5.89. The van der Waals surface area contributed by atoms with Crippen molar-refractivity contribution in [3.05, 3.63) is 83.1 Å². The zero-order valence-electron chi connectivity index (χ0n) is 15.3. The monoisotopic (exact) mass is 376 g/mol. The lowest BCUT2D eigenvalue weighted by atomic mass is 10.1. The lowest BCUT2D eigenvalue weighted by Gasteiger charge is -2.01. The molecule has 27 heavy (non-hydrogen) atoms. The van der Waals surface area contributed by atoms with Gasteiger partial charge in [-0.2, -0.15) is 4.98 Å². The molecule has 4 rings (SSSR count). The summed E-state index contributed by atoms with van der Waals surface area (Å²) in [6.07, 6.45) is 0. The minimum Gasteiger partial charge on any atom is -0.455 e. The standard InChI is InChI=1S/C22H20N2O2S/c1-15-5-3-7-17(11-15)13-27-14-19-9-10-20(25-19)22-23-21(24-26-22)18-8-4-6-16(2)12-18/h3-12H,13-14H2,1-2H3. The van der Waals surface area contributed by atoms with Gasteiger partial charge < -0.3 is 8.94 Å². The van der Waals surface area contributed by atoms with Crippen molar-refractivity contribution in [2.75, 3.05) is 0 Å². The van der Waals surface area contributed by atoms with Crippen LogP contribution in [0.2, 0.25) is 0 Å². The number of nitrogens with zero attached hydrogens (tertiary/aromatic N) is 2. The Hall–Kier alpha value is -2.79. The first kappa shape index (κ1) is 17.6. The number of hydrogen-bond donors (Lipinski definition) is 0. The fourth-order valence-electron chi connectivity index (χ4n) is 2.87. The summed E-state index contributed by atoms with van der Waals surface area (Å²) in [5.41, 5.74) is 4.70. The van der Waals surface area contributed by atoms with Crippen LogP contribution in [0.4, 0.5) is 0 Å². The van der Waals surface area contributed by atoms with E-state index in [0.29, 0.717) is 17.5 Å². The van der Waals surface area contributed by atoms with Gasteiger partial charge in [0.15, 0.2) is 5.76 Å². The Bertz CT molecular complexity index is 1050. The summed E-state index contributed by atoms with van der Waals surface area (Å²) in [6.45, 7) is 4.15. The van der Waals surface area contributed by atoms with Crippen molar-refractivity contribution in [1.82, 2.24) is 10.1 Å². The molecule has 0 amide bonds. The molecule has 0 aliphatic rings. The normalized spacial score (nSPS) is 11.0. The van der Waals surface area contributed by atoms with Crippen molar-refractivity contribution < 1.29 is 8.94 Å². The largest absolute Gasteiger partial charge is 0.455 e. The zero-order chi connectivity index (χ0) is 18.6. The summed E-state index contributed by atoms with van der Waals surface area (Å²) in [4.78, 5) is 4.46. The van der Waals surface area contributed by atoms with Crippen LogP contribution in [0.3, 0.4) is 0 Å². The van der Waals surface area contributed by atoms with Gasteiger partial charge in [-0.15, -0.1) is 11.8 Å². The molecule has 0 bridgehead atoms. The van der Waals surface area contributed by atoms with Crippen molar-refractivity contribution in [2.24, 2.45) is 0 Å². The number of hydrogen-bond acceptors (Lipinski definition) is 5. The minimum atomic E-state index is 0.404. The third kappa shape index (κ3) is 4.31. The molecule has 2 heterocycles. The minimum absolute atomic E-state index is 0.404. The third-order valence-corrected chi connectivity index (χ3v) is 5.20. The Labute approximate surface area is 162 Å². The molecule has 0 unspecified atom stereocenters. The predicted molar refractivity (Wildman–Crippen MR) is 108 cm³/mol. The average molecular weight is 376 g/mol. The zero-order valence-corrected chi connectivity index (χ0v) is 16.1. The van der Waals surface area contributed by atoms with Crippen LogP contribution in [0.25, 0.3) is 23.0 Å². The molecule has 5 heteroatoms. The van der Waals surface area contributed by atoms with Gasteiger partial charge in [-0.3, -0.25) is 0 Å². The second kappa shape index (κ2) is 7.84. The van der Waals surface area contributed by atoms with Gasteiger partial charge in [-0.05, 0) is 37.6 Å². The maximum Gasteiger partial charge on any atom is 0.293 e. The van der Waals surface area contributed by atoms with E-state index >= 15 is 0 Å². The topological polar surface area (TPSA) is 52.1 Å². The van der Waals surface area contributed by atoms with Crippen molar-refractivity contribution >= 4 is 11.8 Å². The molecule has 0 aliphatic heterocycles. The van der Waals surface area contributed by atoms with E-state index in [1.165, 1.54) is 11.1 Å². The molecule has 0 atom stereocenters. The van der Waals surface area contributed by atoms with E-state index in [9.17, 15) is 0 Å². The highest BCUT2D eigenvalue weighted by molar-refractivity contribution is 7.97. The highest BCUT2D eigenvalue weighted by Crippen LogP contribution is 2.27. The summed E-state index contributed by atoms with van der Waals surface area (Å²) < 4.78 is 11.3. The molecule has 4 nitrogen and oxygen atoms in total. The average Bonchev–Trinajstić information content (AvgIpc) is 3.31. The molecule has 0 fully saturated rings. The van der Waals surface area contributed by atoms with E-state index in [0.717, 1.165) is 28.4 Å². The summed E-state index contributed by atoms with van der Waals surface area (Å²) >= 11 is 1.82. The van der Waals surface area contributed by atoms with Gasteiger partial charge in [-0.25, -0.2) is 0 Å². The van der Waals surface area contributed by atoms with Gasteiger partial charge in [-0.1, -0.05) is 58.7 Å². The molecule has 2 aromatic carbocycles. The van der Waals surface area contributed by atoms with Crippen LogP contribution >= 0.6 is 11.8 Å². The van der Waals surface area contributed by atoms with Crippen molar-refractivity contribution in [3.63, 3.8) is 0 Å². The summed E-state index contributed by atoms with van der Waals surface area (Å²) in [7, 11) is 0. The summed E-state index contributed by atoms with van der Waals surface area (Å²) in [5.74, 6) is 4.23. The molecular weight excluding hydrogens is 356 g/mol. The first-order valence-corrected chi connectivity index (χ1v) is 9.96. The van der Waals surface area contributed by atoms with Crippen molar-refractivity contribution in [2.45, 2.75) is 25.4 Å². The highest BCUT2D eigenvalue weighted by atomic mass is 32.2. The lowest BCUT2D eigenvalue weighted by Crippen LogP contribution is -1.83. The van der Waals surface area contributed by atoms with Gasteiger partial charge in [0.2, 0.25) is 5.82 Å². The molecule has 0 aliphatic carbocycles. The van der Waals surface area contributed by atoms with Crippen LogP contribution in [0.5, 0.6) is 0 Å². The fraction of sp³-hybridized carbons (Fsp3) is 0.182. The Balaban J connectivity index is 1.41. The molecular formula is C22H20N2O2S. The number of thioether (sulfide) groups is 1. The van der Waals surface area contributed by atoms with Gasteiger partial charge in [0.1, 0.15) is 5.76 Å². The van der Waals surface area contributed by atoms with Crippen LogP contribution in [-0.4, -0.2) is 10.1 Å². The van der Waals surface area contributed by atoms with Crippen LogP contribution in [-0.2, 0) is 11.5 Å². The van der Waals surface area contributed by atoms with Crippen LogP contribution in [0, 0.1) is 13.8 Å². The van der Waals surface area contributed by atoms with E-state index in [1.54, 1.807) is 0 Å². The number of rotatable bonds is 6. The van der Waals surface area contributed by atoms with Crippen molar-refractivity contribution in [1.29, 1.82) is 0 Å². The molecule has 0 spiro atoms. The SMILES string of the molecule is Cc1cccc(CSCc2ccc(-c3nc(-c4cccc(C)c4)no3)o2)c1. The number of benzene rings is 2. The van der Waals surface area contributed by atoms with Gasteiger partial charge in [0.25, 0.3) is 5.89 Å². The Morgan fingerprint density at radius 2 is 1.70 bits per heavy atom. The van der Waals surface area contributed by atoms with Gasteiger partial charge in [0, 0.05) is 11.3 Å². The second-order valence-corrected chi connectivity index (χ2v) is 7.53. The third-order valence-electron chi connectivity index (χ3n) is 4.17. The predicted octanol–water partition coefficient (Wildman–Crippen LogP) is 6.05. The second-order valence-electron chi connectivity index (χ2n) is 6.54. The molecule has 4 aromatic rings. The van der Waals surface area contributed by atoms with E-state index < -0.39 is 0 Å². The Kier molecular flexibility index (Phi) is 5.12. The lowest BCUT2D eigenvalue weighted by molar-refractivity contribution is 0.413. The molecule has 136 valence electrons.